The number of nitriles is 1. The maximum atomic E-state index is 10.7. The van der Waals surface area contributed by atoms with Crippen LogP contribution in [0.2, 0.25) is 0 Å². The highest BCUT2D eigenvalue weighted by Crippen LogP contribution is 2.28. The monoisotopic (exact) mass is 269 g/mol. The minimum Gasteiger partial charge on any atom is -0.476 e. The summed E-state index contributed by atoms with van der Waals surface area (Å²) in [6.07, 6.45) is 2.38. The van der Waals surface area contributed by atoms with Crippen LogP contribution in [0.25, 0.3) is 0 Å². The average Bonchev–Trinajstić information content (AvgIpc) is 2.43. The Kier molecular flexibility index (Phi) is 3.62. The van der Waals surface area contributed by atoms with Gasteiger partial charge in [0, 0.05) is 0 Å². The van der Waals surface area contributed by atoms with Crippen LogP contribution in [-0.4, -0.2) is 21.0 Å². The first-order valence-corrected chi connectivity index (χ1v) is 5.76. The summed E-state index contributed by atoms with van der Waals surface area (Å²) >= 11 is 0. The van der Waals surface area contributed by atoms with E-state index in [0.29, 0.717) is 11.3 Å². The first-order chi connectivity index (χ1) is 9.51. The van der Waals surface area contributed by atoms with Crippen LogP contribution >= 0.6 is 0 Å². The van der Waals surface area contributed by atoms with E-state index in [1.165, 1.54) is 6.20 Å². The lowest BCUT2D eigenvalue weighted by molar-refractivity contribution is 0.0690. The van der Waals surface area contributed by atoms with E-state index in [0.717, 1.165) is 17.3 Å². The fourth-order valence-corrected chi connectivity index (χ4v) is 1.76. The van der Waals surface area contributed by atoms with Gasteiger partial charge in [-0.1, -0.05) is 0 Å². The predicted octanol–water partition coefficient (Wildman–Crippen LogP) is 2.46. The fourth-order valence-electron chi connectivity index (χ4n) is 1.76. The third-order valence-corrected chi connectivity index (χ3v) is 2.64. The normalized spacial score (nSPS) is 9.85. The first-order valence-electron chi connectivity index (χ1n) is 5.76. The molecule has 0 saturated heterocycles. The van der Waals surface area contributed by atoms with E-state index in [2.05, 4.69) is 16.0 Å². The SMILES string of the molecule is Cc1cc(C#N)cc(C)c1Oc1cnc(C(=O)O)cn1. The molecule has 6 nitrogen and oxygen atoms in total. The van der Waals surface area contributed by atoms with Gasteiger partial charge in [-0.15, -0.1) is 0 Å². The Bertz CT molecular complexity index is 680. The second-order valence-electron chi connectivity index (χ2n) is 4.20. The van der Waals surface area contributed by atoms with Crippen molar-refractivity contribution in [2.75, 3.05) is 0 Å². The molecule has 0 aliphatic carbocycles. The number of aryl methyl sites for hydroxylation is 2. The molecule has 1 aromatic carbocycles. The highest BCUT2D eigenvalue weighted by molar-refractivity contribution is 5.84. The lowest BCUT2D eigenvalue weighted by Gasteiger charge is -2.11. The lowest BCUT2D eigenvalue weighted by atomic mass is 10.1. The number of aromatic carboxylic acids is 1. The Hall–Kier alpha value is -2.94. The summed E-state index contributed by atoms with van der Waals surface area (Å²) in [4.78, 5) is 18.3. The number of ether oxygens (including phenoxy) is 1. The maximum absolute atomic E-state index is 10.7. The third kappa shape index (κ3) is 2.72. The van der Waals surface area contributed by atoms with Crippen molar-refractivity contribution in [3.8, 4) is 17.7 Å². The summed E-state index contributed by atoms with van der Waals surface area (Å²) in [5.41, 5.74) is 2.00. The van der Waals surface area contributed by atoms with Crippen molar-refractivity contribution in [1.29, 1.82) is 5.26 Å². The predicted molar refractivity (Wildman–Crippen MR) is 69.7 cm³/mol. The van der Waals surface area contributed by atoms with E-state index in [9.17, 15) is 4.79 Å². The molecule has 100 valence electrons. The Balaban J connectivity index is 2.31. The number of hydrogen-bond acceptors (Lipinski definition) is 5. The maximum Gasteiger partial charge on any atom is 0.356 e. The molecule has 0 saturated carbocycles. The molecule has 6 heteroatoms. The van der Waals surface area contributed by atoms with Crippen LogP contribution in [0.15, 0.2) is 24.5 Å². The molecule has 1 aromatic heterocycles. The van der Waals surface area contributed by atoms with E-state index in [-0.39, 0.29) is 11.6 Å². The summed E-state index contributed by atoms with van der Waals surface area (Å²) in [6, 6.07) is 5.49. The fraction of sp³-hybridized carbons (Fsp3) is 0.143. The topological polar surface area (TPSA) is 96.1 Å². The van der Waals surface area contributed by atoms with Crippen LogP contribution < -0.4 is 4.74 Å². The smallest absolute Gasteiger partial charge is 0.356 e. The number of hydrogen-bond donors (Lipinski definition) is 1. The molecule has 0 amide bonds. The zero-order chi connectivity index (χ0) is 14.7. The van der Waals surface area contributed by atoms with E-state index < -0.39 is 5.97 Å². The first kappa shape index (κ1) is 13.5. The molecule has 0 aliphatic heterocycles. The zero-order valence-corrected chi connectivity index (χ0v) is 10.9. The minimum absolute atomic E-state index is 0.148. The number of carbonyl (C=O) groups is 1. The van der Waals surface area contributed by atoms with Crippen LogP contribution in [0.1, 0.15) is 27.2 Å². The molecule has 0 spiro atoms. The number of rotatable bonds is 3. The summed E-state index contributed by atoms with van der Waals surface area (Å²) in [6.45, 7) is 3.64. The van der Waals surface area contributed by atoms with Crippen LogP contribution in [-0.2, 0) is 0 Å². The molecule has 2 rings (SSSR count). The molecule has 20 heavy (non-hydrogen) atoms. The second kappa shape index (κ2) is 5.36. The van der Waals surface area contributed by atoms with Crippen molar-refractivity contribution in [3.63, 3.8) is 0 Å². The Morgan fingerprint density at radius 3 is 2.35 bits per heavy atom. The lowest BCUT2D eigenvalue weighted by Crippen LogP contribution is -2.02. The van der Waals surface area contributed by atoms with Crippen molar-refractivity contribution in [3.05, 3.63) is 46.9 Å². The number of benzene rings is 1. The van der Waals surface area contributed by atoms with Gasteiger partial charge in [0.25, 0.3) is 0 Å². The summed E-state index contributed by atoms with van der Waals surface area (Å²) < 4.78 is 5.60. The molecular weight excluding hydrogens is 258 g/mol. The van der Waals surface area contributed by atoms with E-state index in [1.54, 1.807) is 12.1 Å². The van der Waals surface area contributed by atoms with Crippen molar-refractivity contribution in [2.45, 2.75) is 13.8 Å². The number of carboxylic acid groups (broad SMARTS) is 1. The summed E-state index contributed by atoms with van der Waals surface area (Å²) in [5.74, 6) is -0.359. The van der Waals surface area contributed by atoms with E-state index in [4.69, 9.17) is 15.1 Å². The van der Waals surface area contributed by atoms with Gasteiger partial charge in [0.2, 0.25) is 5.88 Å². The third-order valence-electron chi connectivity index (χ3n) is 2.64. The average molecular weight is 269 g/mol. The summed E-state index contributed by atoms with van der Waals surface area (Å²) in [7, 11) is 0. The molecule has 0 atom stereocenters. The highest BCUT2D eigenvalue weighted by atomic mass is 16.5. The molecule has 0 bridgehead atoms. The molecule has 1 N–H and O–H groups in total. The molecule has 0 aliphatic rings. The Morgan fingerprint density at radius 2 is 1.90 bits per heavy atom. The Morgan fingerprint density at radius 1 is 1.25 bits per heavy atom. The van der Waals surface area contributed by atoms with E-state index >= 15 is 0 Å². The molecule has 0 unspecified atom stereocenters. The molecule has 0 radical (unpaired) electrons. The van der Waals surface area contributed by atoms with Gasteiger partial charge >= 0.3 is 5.97 Å². The van der Waals surface area contributed by atoms with Crippen molar-refractivity contribution < 1.29 is 14.6 Å². The van der Waals surface area contributed by atoms with Crippen LogP contribution in [0.3, 0.4) is 0 Å². The largest absolute Gasteiger partial charge is 0.476 e. The van der Waals surface area contributed by atoms with Crippen molar-refractivity contribution in [2.24, 2.45) is 0 Å². The van der Waals surface area contributed by atoms with Gasteiger partial charge in [-0.2, -0.15) is 5.26 Å². The summed E-state index contributed by atoms with van der Waals surface area (Å²) in [5, 5.41) is 17.6. The number of carboxylic acids is 1. The second-order valence-corrected chi connectivity index (χ2v) is 4.20. The van der Waals surface area contributed by atoms with Crippen LogP contribution in [0.4, 0.5) is 0 Å². The molecular formula is C14H11N3O3. The van der Waals surface area contributed by atoms with Crippen LogP contribution in [0, 0.1) is 25.2 Å². The van der Waals surface area contributed by atoms with Gasteiger partial charge in [-0.05, 0) is 37.1 Å². The van der Waals surface area contributed by atoms with E-state index in [1.807, 2.05) is 13.8 Å². The number of nitrogens with zero attached hydrogens (tertiary/aromatic N) is 3. The Labute approximate surface area is 115 Å². The van der Waals surface area contributed by atoms with Gasteiger partial charge in [-0.25, -0.2) is 14.8 Å². The minimum atomic E-state index is -1.14. The van der Waals surface area contributed by atoms with Gasteiger partial charge in [-0.3, -0.25) is 0 Å². The standard InChI is InChI=1S/C14H11N3O3/c1-8-3-10(5-15)4-9(2)13(8)20-12-7-16-11(6-17-12)14(18)19/h3-4,6-7H,1-2H3,(H,18,19). The van der Waals surface area contributed by atoms with Crippen molar-refractivity contribution >= 4 is 5.97 Å². The zero-order valence-electron chi connectivity index (χ0n) is 10.9. The highest BCUT2D eigenvalue weighted by Gasteiger charge is 2.10. The van der Waals surface area contributed by atoms with Gasteiger partial charge in [0.15, 0.2) is 5.69 Å². The molecule has 2 aromatic rings. The van der Waals surface area contributed by atoms with Crippen molar-refractivity contribution in [1.82, 2.24) is 9.97 Å². The quantitative estimate of drug-likeness (QED) is 0.919. The van der Waals surface area contributed by atoms with Gasteiger partial charge in [0.1, 0.15) is 5.75 Å². The van der Waals surface area contributed by atoms with Gasteiger partial charge in [0.05, 0.1) is 24.0 Å². The molecule has 0 fully saturated rings. The van der Waals surface area contributed by atoms with Crippen LogP contribution in [0.5, 0.6) is 11.6 Å². The number of aromatic nitrogens is 2. The molecule has 1 heterocycles. The van der Waals surface area contributed by atoms with Gasteiger partial charge < -0.3 is 9.84 Å².